The van der Waals surface area contributed by atoms with Crippen molar-refractivity contribution >= 4 is 6.09 Å². The zero-order valence-corrected chi connectivity index (χ0v) is 16.0. The summed E-state index contributed by atoms with van der Waals surface area (Å²) in [4.78, 5) is 12.4. The minimum atomic E-state index is -0.633. The summed E-state index contributed by atoms with van der Waals surface area (Å²) in [5, 5.41) is 1.20. The molecule has 2 aliphatic rings. The minimum absolute atomic E-state index is 0.377. The summed E-state index contributed by atoms with van der Waals surface area (Å²) in [7, 11) is 0. The van der Waals surface area contributed by atoms with Crippen LogP contribution in [0.2, 0.25) is 0 Å². The van der Waals surface area contributed by atoms with E-state index in [1.165, 1.54) is 10.6 Å². The number of carbonyl (C=O) groups excluding carboxylic acids is 1. The maximum absolute atomic E-state index is 12.4. The van der Waals surface area contributed by atoms with E-state index >= 15 is 0 Å². The molecule has 1 heterocycles. The Morgan fingerprint density at radius 3 is 2.84 bits per heavy atom. The third kappa shape index (κ3) is 5.44. The zero-order chi connectivity index (χ0) is 18.6. The monoisotopic (exact) mass is 348 g/mol. The van der Waals surface area contributed by atoms with E-state index in [1.807, 2.05) is 20.8 Å². The van der Waals surface area contributed by atoms with Crippen LogP contribution >= 0.6 is 0 Å². The SMILES string of the molecule is C=C(C)C1=CC(C(C)(C)N(N)C(=O)OCCC(C)CC2CO2)=CCC1. The van der Waals surface area contributed by atoms with Crippen LogP contribution in [0.25, 0.3) is 0 Å². The second-order valence-corrected chi connectivity index (χ2v) is 7.78. The molecule has 1 saturated heterocycles. The highest BCUT2D eigenvalue weighted by molar-refractivity contribution is 5.69. The Kier molecular flexibility index (Phi) is 6.47. The highest BCUT2D eigenvalue weighted by Gasteiger charge is 2.33. The molecule has 0 radical (unpaired) electrons. The van der Waals surface area contributed by atoms with Gasteiger partial charge in [0.15, 0.2) is 0 Å². The van der Waals surface area contributed by atoms with Crippen LogP contribution in [0.4, 0.5) is 4.79 Å². The average Bonchev–Trinajstić information content (AvgIpc) is 3.37. The number of rotatable bonds is 8. The van der Waals surface area contributed by atoms with Crippen molar-refractivity contribution in [3.8, 4) is 0 Å². The van der Waals surface area contributed by atoms with E-state index in [4.69, 9.17) is 15.3 Å². The molecular formula is C20H32N2O3. The van der Waals surface area contributed by atoms with Crippen LogP contribution in [0.15, 0.2) is 35.5 Å². The molecule has 0 aromatic heterocycles. The standard InChI is InChI=1S/C20H32N2O3/c1-14(2)16-7-6-8-17(12-16)20(4,5)22(21)19(23)24-10-9-15(3)11-18-13-25-18/h8,12,15,18H,1,6-7,9-11,13,21H2,2-5H3. The van der Waals surface area contributed by atoms with Gasteiger partial charge < -0.3 is 9.47 Å². The van der Waals surface area contributed by atoms with Crippen LogP contribution in [0.1, 0.15) is 53.4 Å². The van der Waals surface area contributed by atoms with Crippen LogP contribution in [0.5, 0.6) is 0 Å². The maximum atomic E-state index is 12.4. The molecule has 2 N–H and O–H groups in total. The van der Waals surface area contributed by atoms with E-state index in [0.29, 0.717) is 18.6 Å². The van der Waals surface area contributed by atoms with Gasteiger partial charge in [-0.05, 0) is 63.5 Å². The molecule has 5 nitrogen and oxygen atoms in total. The minimum Gasteiger partial charge on any atom is -0.448 e. The molecule has 5 heteroatoms. The summed E-state index contributed by atoms with van der Waals surface area (Å²) >= 11 is 0. The lowest BCUT2D eigenvalue weighted by Gasteiger charge is -2.36. The van der Waals surface area contributed by atoms with E-state index in [9.17, 15) is 4.79 Å². The van der Waals surface area contributed by atoms with E-state index in [1.54, 1.807) is 0 Å². The number of epoxide rings is 1. The summed E-state index contributed by atoms with van der Waals surface area (Å²) in [6, 6.07) is 0. The molecule has 0 aromatic carbocycles. The molecule has 1 amide bonds. The van der Waals surface area contributed by atoms with Crippen molar-refractivity contribution in [2.24, 2.45) is 11.8 Å². The summed E-state index contributed by atoms with van der Waals surface area (Å²) in [5.41, 5.74) is 2.66. The summed E-state index contributed by atoms with van der Waals surface area (Å²) in [6.07, 6.45) is 7.90. The van der Waals surface area contributed by atoms with Crippen LogP contribution in [-0.4, -0.2) is 36.0 Å². The number of allylic oxidation sites excluding steroid dienone is 3. The van der Waals surface area contributed by atoms with Crippen LogP contribution in [-0.2, 0) is 9.47 Å². The smallest absolute Gasteiger partial charge is 0.424 e. The average molecular weight is 348 g/mol. The quantitative estimate of drug-likeness (QED) is 0.310. The van der Waals surface area contributed by atoms with Gasteiger partial charge in [-0.2, -0.15) is 0 Å². The topological polar surface area (TPSA) is 68.1 Å². The Bertz CT molecular complexity index is 573. The van der Waals surface area contributed by atoms with Crippen molar-refractivity contribution in [3.05, 3.63) is 35.5 Å². The van der Waals surface area contributed by atoms with Crippen molar-refractivity contribution in [1.29, 1.82) is 0 Å². The van der Waals surface area contributed by atoms with Gasteiger partial charge >= 0.3 is 6.09 Å². The molecule has 0 saturated carbocycles. The number of hydrazine groups is 1. The van der Waals surface area contributed by atoms with Crippen molar-refractivity contribution < 1.29 is 14.3 Å². The maximum Gasteiger partial charge on any atom is 0.424 e. The Morgan fingerprint density at radius 2 is 2.24 bits per heavy atom. The van der Waals surface area contributed by atoms with Crippen LogP contribution < -0.4 is 5.84 Å². The molecule has 0 bridgehead atoms. The molecule has 1 aliphatic carbocycles. The largest absolute Gasteiger partial charge is 0.448 e. The number of carbonyl (C=O) groups is 1. The fourth-order valence-electron chi connectivity index (χ4n) is 3.02. The number of hydrogen-bond acceptors (Lipinski definition) is 4. The Balaban J connectivity index is 1.88. The Hall–Kier alpha value is -1.59. The molecule has 140 valence electrons. The van der Waals surface area contributed by atoms with Gasteiger partial charge in [0, 0.05) is 0 Å². The predicted octanol–water partition coefficient (Wildman–Crippen LogP) is 4.12. The number of nitrogens with two attached hydrogens (primary N) is 1. The fraction of sp³-hybridized carbons (Fsp3) is 0.650. The molecule has 2 atom stereocenters. The zero-order valence-electron chi connectivity index (χ0n) is 16.0. The fourth-order valence-corrected chi connectivity index (χ4v) is 3.02. The van der Waals surface area contributed by atoms with Crippen molar-refractivity contribution in [1.82, 2.24) is 5.01 Å². The second-order valence-electron chi connectivity index (χ2n) is 7.78. The van der Waals surface area contributed by atoms with Gasteiger partial charge in [0.1, 0.15) is 0 Å². The Labute approximate surface area is 151 Å². The van der Waals surface area contributed by atoms with Crippen molar-refractivity contribution in [2.45, 2.75) is 65.0 Å². The summed E-state index contributed by atoms with van der Waals surface area (Å²) < 4.78 is 10.6. The van der Waals surface area contributed by atoms with Crippen LogP contribution in [0, 0.1) is 5.92 Å². The number of nitrogens with zero attached hydrogens (tertiary/aromatic N) is 1. The van der Waals surface area contributed by atoms with Crippen molar-refractivity contribution in [3.63, 3.8) is 0 Å². The van der Waals surface area contributed by atoms with E-state index in [-0.39, 0.29) is 0 Å². The molecule has 0 spiro atoms. The molecule has 0 aromatic rings. The van der Waals surface area contributed by atoms with Gasteiger partial charge in [0.05, 0.1) is 24.9 Å². The summed E-state index contributed by atoms with van der Waals surface area (Å²) in [6.45, 7) is 13.3. The predicted molar refractivity (Wildman–Crippen MR) is 99.8 cm³/mol. The first-order valence-electron chi connectivity index (χ1n) is 9.12. The summed E-state index contributed by atoms with van der Waals surface area (Å²) in [5.74, 6) is 6.58. The van der Waals surface area contributed by atoms with Gasteiger partial charge in [-0.15, -0.1) is 0 Å². The highest BCUT2D eigenvalue weighted by Crippen LogP contribution is 2.31. The molecule has 2 rings (SSSR count). The van der Waals surface area contributed by atoms with E-state index < -0.39 is 11.6 Å². The van der Waals surface area contributed by atoms with E-state index in [0.717, 1.165) is 43.4 Å². The molecule has 25 heavy (non-hydrogen) atoms. The molecule has 2 unspecified atom stereocenters. The number of hydrogen-bond donors (Lipinski definition) is 1. The van der Waals surface area contributed by atoms with Gasteiger partial charge in [-0.1, -0.05) is 31.2 Å². The lowest BCUT2D eigenvalue weighted by Crippen LogP contribution is -2.53. The second kappa shape index (κ2) is 8.19. The van der Waals surface area contributed by atoms with E-state index in [2.05, 4.69) is 25.7 Å². The van der Waals surface area contributed by atoms with Gasteiger partial charge in [-0.25, -0.2) is 15.6 Å². The van der Waals surface area contributed by atoms with Crippen molar-refractivity contribution in [2.75, 3.05) is 13.2 Å². The Morgan fingerprint density at radius 1 is 1.56 bits per heavy atom. The number of amides is 1. The molecule has 1 fully saturated rings. The third-order valence-corrected chi connectivity index (χ3v) is 5.07. The first kappa shape index (κ1) is 19.7. The molecular weight excluding hydrogens is 316 g/mol. The first-order chi connectivity index (χ1) is 11.7. The van der Waals surface area contributed by atoms with Gasteiger partial charge in [0.2, 0.25) is 0 Å². The lowest BCUT2D eigenvalue weighted by atomic mass is 9.85. The number of ether oxygens (including phenoxy) is 2. The van der Waals surface area contributed by atoms with Crippen LogP contribution in [0.3, 0.4) is 0 Å². The third-order valence-electron chi connectivity index (χ3n) is 5.07. The normalized spacial score (nSPS) is 21.1. The lowest BCUT2D eigenvalue weighted by molar-refractivity contribution is 0.0693. The first-order valence-corrected chi connectivity index (χ1v) is 9.12. The highest BCUT2D eigenvalue weighted by atomic mass is 16.6. The van der Waals surface area contributed by atoms with Gasteiger partial charge in [0.25, 0.3) is 0 Å². The molecule has 1 aliphatic heterocycles. The van der Waals surface area contributed by atoms with Gasteiger partial charge in [-0.3, -0.25) is 0 Å².